The largest absolute Gasteiger partial charge is 0.474 e. The van der Waals surface area contributed by atoms with E-state index >= 15 is 0 Å². The minimum absolute atomic E-state index is 0.234. The van der Waals surface area contributed by atoms with Gasteiger partial charge < -0.3 is 15.2 Å². The quantitative estimate of drug-likeness (QED) is 0.743. The lowest BCUT2D eigenvalue weighted by atomic mass is 10.4. The lowest BCUT2D eigenvalue weighted by Gasteiger charge is -2.12. The minimum atomic E-state index is 0.234. The van der Waals surface area contributed by atoms with Crippen LogP contribution in [0.1, 0.15) is 38.9 Å². The van der Waals surface area contributed by atoms with E-state index < -0.39 is 0 Å². The summed E-state index contributed by atoms with van der Waals surface area (Å²) in [5.74, 6) is 0.651. The molecule has 0 bridgehead atoms. The Morgan fingerprint density at radius 3 is 2.59 bits per heavy atom. The number of nitrogen functional groups attached to an aromatic ring is 1. The van der Waals surface area contributed by atoms with E-state index in [9.17, 15) is 0 Å². The van der Waals surface area contributed by atoms with Crippen LogP contribution in [0.2, 0.25) is 0 Å². The van der Waals surface area contributed by atoms with Gasteiger partial charge in [0.15, 0.2) is 0 Å². The van der Waals surface area contributed by atoms with Crippen LogP contribution in [0.4, 0.5) is 5.69 Å². The molecular weight excluding hydrogens is 218 g/mol. The standard InChI is InChI=1S/C12H23N3O2/c1-5-6-16-7-8-17-12-11(13)10(4)14-15(12)9(2)3/h9H,5-8,13H2,1-4H3. The molecular formula is C12H23N3O2. The van der Waals surface area contributed by atoms with E-state index in [1.54, 1.807) is 0 Å². The zero-order chi connectivity index (χ0) is 12.8. The zero-order valence-electron chi connectivity index (χ0n) is 11.2. The van der Waals surface area contributed by atoms with Crippen LogP contribution in [0.25, 0.3) is 0 Å². The highest BCUT2D eigenvalue weighted by molar-refractivity contribution is 5.52. The van der Waals surface area contributed by atoms with Gasteiger partial charge in [-0.25, -0.2) is 4.68 Å². The number of hydrogen-bond acceptors (Lipinski definition) is 4. The maximum atomic E-state index is 5.93. The topological polar surface area (TPSA) is 62.3 Å². The lowest BCUT2D eigenvalue weighted by molar-refractivity contribution is 0.0967. The lowest BCUT2D eigenvalue weighted by Crippen LogP contribution is -2.12. The predicted molar refractivity (Wildman–Crippen MR) is 68.4 cm³/mol. The Hall–Kier alpha value is -1.23. The van der Waals surface area contributed by atoms with Gasteiger partial charge in [-0.1, -0.05) is 6.92 Å². The summed E-state index contributed by atoms with van der Waals surface area (Å²) in [5, 5.41) is 4.35. The monoisotopic (exact) mass is 241 g/mol. The van der Waals surface area contributed by atoms with E-state index in [4.69, 9.17) is 15.2 Å². The summed E-state index contributed by atoms with van der Waals surface area (Å²) in [6.45, 7) is 9.91. The van der Waals surface area contributed by atoms with Crippen molar-refractivity contribution in [1.82, 2.24) is 9.78 Å². The van der Waals surface area contributed by atoms with Gasteiger partial charge in [0.05, 0.1) is 18.3 Å². The Kier molecular flexibility index (Phi) is 5.28. The fraction of sp³-hybridized carbons (Fsp3) is 0.750. The number of aromatic nitrogens is 2. The molecule has 0 radical (unpaired) electrons. The van der Waals surface area contributed by atoms with Crippen LogP contribution < -0.4 is 10.5 Å². The summed E-state index contributed by atoms with van der Waals surface area (Å²) in [5.41, 5.74) is 7.36. The molecule has 0 amide bonds. The molecule has 0 aliphatic carbocycles. The van der Waals surface area contributed by atoms with Crippen LogP contribution in [0.15, 0.2) is 0 Å². The summed E-state index contributed by atoms with van der Waals surface area (Å²) in [6.07, 6.45) is 1.02. The zero-order valence-corrected chi connectivity index (χ0v) is 11.2. The number of ether oxygens (including phenoxy) is 2. The third-order valence-electron chi connectivity index (χ3n) is 2.39. The predicted octanol–water partition coefficient (Wildman–Crippen LogP) is 2.16. The molecule has 0 aliphatic rings. The van der Waals surface area contributed by atoms with E-state index in [-0.39, 0.29) is 6.04 Å². The van der Waals surface area contributed by atoms with Crippen LogP contribution in [0.3, 0.4) is 0 Å². The van der Waals surface area contributed by atoms with Crippen molar-refractivity contribution in [3.63, 3.8) is 0 Å². The smallest absolute Gasteiger partial charge is 0.236 e. The first kappa shape index (κ1) is 13.8. The fourth-order valence-corrected chi connectivity index (χ4v) is 1.48. The highest BCUT2D eigenvalue weighted by Gasteiger charge is 2.15. The summed E-state index contributed by atoms with van der Waals surface area (Å²) >= 11 is 0. The maximum Gasteiger partial charge on any atom is 0.236 e. The molecule has 0 aromatic carbocycles. The number of anilines is 1. The second kappa shape index (κ2) is 6.49. The van der Waals surface area contributed by atoms with Gasteiger partial charge in [-0.05, 0) is 27.2 Å². The van der Waals surface area contributed by atoms with Crippen molar-refractivity contribution in [1.29, 1.82) is 0 Å². The SMILES string of the molecule is CCCOCCOc1c(N)c(C)nn1C(C)C. The Bertz CT molecular complexity index is 348. The Labute approximate surface area is 103 Å². The second-order valence-corrected chi connectivity index (χ2v) is 4.30. The number of hydrogen-bond donors (Lipinski definition) is 1. The molecule has 1 aromatic heterocycles. The minimum Gasteiger partial charge on any atom is -0.474 e. The molecule has 0 spiro atoms. The highest BCUT2D eigenvalue weighted by atomic mass is 16.5. The van der Waals surface area contributed by atoms with Crippen LogP contribution >= 0.6 is 0 Å². The van der Waals surface area contributed by atoms with Gasteiger partial charge in [0.25, 0.3) is 0 Å². The van der Waals surface area contributed by atoms with Gasteiger partial charge >= 0.3 is 0 Å². The molecule has 2 N–H and O–H groups in total. The number of aryl methyl sites for hydroxylation is 1. The molecule has 0 atom stereocenters. The molecule has 1 aromatic rings. The maximum absolute atomic E-state index is 5.93. The molecule has 0 fully saturated rings. The first-order chi connectivity index (χ1) is 8.07. The number of rotatable bonds is 7. The van der Waals surface area contributed by atoms with E-state index in [0.717, 1.165) is 18.7 Å². The van der Waals surface area contributed by atoms with Gasteiger partial charge in [0.1, 0.15) is 12.3 Å². The van der Waals surface area contributed by atoms with Crippen molar-refractivity contribution >= 4 is 5.69 Å². The molecule has 0 saturated carbocycles. The van der Waals surface area contributed by atoms with Gasteiger partial charge in [0, 0.05) is 6.61 Å². The molecule has 1 heterocycles. The molecule has 5 nitrogen and oxygen atoms in total. The molecule has 0 unspecified atom stereocenters. The Balaban J connectivity index is 2.57. The summed E-state index contributed by atoms with van der Waals surface area (Å²) < 4.78 is 12.8. The van der Waals surface area contributed by atoms with Crippen LogP contribution in [0.5, 0.6) is 5.88 Å². The molecule has 98 valence electrons. The highest BCUT2D eigenvalue weighted by Crippen LogP contribution is 2.27. The van der Waals surface area contributed by atoms with Gasteiger partial charge in [-0.3, -0.25) is 0 Å². The summed E-state index contributed by atoms with van der Waals surface area (Å²) in [4.78, 5) is 0. The average Bonchev–Trinajstić information content (AvgIpc) is 2.57. The van der Waals surface area contributed by atoms with Crippen molar-refractivity contribution in [2.24, 2.45) is 0 Å². The molecule has 0 saturated heterocycles. The van der Waals surface area contributed by atoms with Crippen LogP contribution in [-0.4, -0.2) is 29.6 Å². The van der Waals surface area contributed by atoms with E-state index in [1.807, 2.05) is 25.5 Å². The molecule has 17 heavy (non-hydrogen) atoms. The van der Waals surface area contributed by atoms with Crippen molar-refractivity contribution in [2.45, 2.75) is 40.2 Å². The van der Waals surface area contributed by atoms with Gasteiger partial charge in [-0.15, -0.1) is 0 Å². The Morgan fingerprint density at radius 2 is 2.00 bits per heavy atom. The fourth-order valence-electron chi connectivity index (χ4n) is 1.48. The van der Waals surface area contributed by atoms with Crippen molar-refractivity contribution in [3.8, 4) is 5.88 Å². The normalized spacial score (nSPS) is 11.1. The average molecular weight is 241 g/mol. The first-order valence-electron chi connectivity index (χ1n) is 6.13. The first-order valence-corrected chi connectivity index (χ1v) is 6.13. The van der Waals surface area contributed by atoms with Gasteiger partial charge in [0.2, 0.25) is 5.88 Å². The van der Waals surface area contributed by atoms with Crippen molar-refractivity contribution in [3.05, 3.63) is 5.69 Å². The van der Waals surface area contributed by atoms with E-state index in [0.29, 0.717) is 24.8 Å². The number of nitrogens with zero attached hydrogens (tertiary/aromatic N) is 2. The summed E-state index contributed by atoms with van der Waals surface area (Å²) in [6, 6.07) is 0.234. The van der Waals surface area contributed by atoms with Crippen LogP contribution in [0, 0.1) is 6.92 Å². The van der Waals surface area contributed by atoms with Crippen LogP contribution in [-0.2, 0) is 4.74 Å². The molecule has 5 heteroatoms. The van der Waals surface area contributed by atoms with Gasteiger partial charge in [-0.2, -0.15) is 5.10 Å². The third-order valence-corrected chi connectivity index (χ3v) is 2.39. The second-order valence-electron chi connectivity index (χ2n) is 4.30. The van der Waals surface area contributed by atoms with E-state index in [1.165, 1.54) is 0 Å². The summed E-state index contributed by atoms with van der Waals surface area (Å²) in [7, 11) is 0. The van der Waals surface area contributed by atoms with E-state index in [2.05, 4.69) is 12.0 Å². The number of nitrogens with two attached hydrogens (primary N) is 1. The molecule has 1 rings (SSSR count). The Morgan fingerprint density at radius 1 is 1.29 bits per heavy atom. The van der Waals surface area contributed by atoms with Crippen molar-refractivity contribution in [2.75, 3.05) is 25.6 Å². The third kappa shape index (κ3) is 3.63. The van der Waals surface area contributed by atoms with Crippen molar-refractivity contribution < 1.29 is 9.47 Å². The molecule has 0 aliphatic heterocycles.